The molecule has 0 bridgehead atoms. The maximum absolute atomic E-state index is 13.2. The lowest BCUT2D eigenvalue weighted by atomic mass is 10.1. The van der Waals surface area contributed by atoms with Gasteiger partial charge in [0.2, 0.25) is 0 Å². The van der Waals surface area contributed by atoms with Gasteiger partial charge < -0.3 is 19.3 Å². The molecule has 1 aliphatic heterocycles. The van der Waals surface area contributed by atoms with Crippen molar-refractivity contribution in [3.05, 3.63) is 47.5 Å². The van der Waals surface area contributed by atoms with E-state index in [0.29, 0.717) is 59.9 Å². The third kappa shape index (κ3) is 5.45. The normalized spacial score (nSPS) is 17.6. The van der Waals surface area contributed by atoms with Gasteiger partial charge >= 0.3 is 7.67 Å². The molecular weight excluding hydrogens is 464 g/mol. The lowest BCUT2D eigenvalue weighted by molar-refractivity contribution is 0.102. The molecule has 168 valence electrons. The smallest absolute Gasteiger partial charge is 0.393 e. The van der Waals surface area contributed by atoms with Crippen molar-refractivity contribution >= 4 is 42.5 Å². The monoisotopic (exact) mass is 487 g/mol. The highest BCUT2D eigenvalue weighted by molar-refractivity contribution is 7.54. The minimum absolute atomic E-state index is 0.299. The first kappa shape index (κ1) is 23.7. The number of alkyl halides is 2. The summed E-state index contributed by atoms with van der Waals surface area (Å²) in [6.45, 7) is 1.08. The van der Waals surface area contributed by atoms with Gasteiger partial charge in [-0.15, -0.1) is 23.2 Å². The Morgan fingerprint density at radius 1 is 1.13 bits per heavy atom. The molecule has 31 heavy (non-hydrogen) atoms. The zero-order chi connectivity index (χ0) is 22.4. The number of carbonyl (C=O) groups excluding carboxylic acids is 1. The number of hydrogen-bond donors (Lipinski definition) is 2. The SMILES string of the molecule is COc1ccc(C(=O)Nc2ccc3c(c2)CNP(=O)(N(CCCl)CCCl)O3)cc1OC. The number of hydrogen-bond acceptors (Lipinski definition) is 5. The van der Waals surface area contributed by atoms with Crippen LogP contribution in [0.5, 0.6) is 17.2 Å². The number of carbonyl (C=O) groups is 1. The molecule has 0 saturated carbocycles. The van der Waals surface area contributed by atoms with Gasteiger partial charge in [0.05, 0.1) is 14.2 Å². The molecule has 1 atom stereocenters. The van der Waals surface area contributed by atoms with E-state index in [0.717, 1.165) is 5.56 Å². The van der Waals surface area contributed by atoms with Gasteiger partial charge in [0.1, 0.15) is 5.75 Å². The number of fused-ring (bicyclic) bond motifs is 1. The molecule has 0 fully saturated rings. The summed E-state index contributed by atoms with van der Waals surface area (Å²) in [4.78, 5) is 12.7. The minimum Gasteiger partial charge on any atom is -0.493 e. The summed E-state index contributed by atoms with van der Waals surface area (Å²) in [6, 6.07) is 10.1. The maximum Gasteiger partial charge on any atom is 0.393 e. The van der Waals surface area contributed by atoms with E-state index < -0.39 is 7.67 Å². The summed E-state index contributed by atoms with van der Waals surface area (Å²) in [5.41, 5.74) is 1.78. The van der Waals surface area contributed by atoms with Gasteiger partial charge in [-0.2, -0.15) is 0 Å². The number of nitrogens with one attached hydrogen (secondary N) is 2. The molecule has 0 aliphatic carbocycles. The minimum atomic E-state index is -3.30. The first-order valence-corrected chi connectivity index (χ1v) is 12.2. The molecule has 8 nitrogen and oxygen atoms in total. The lowest BCUT2D eigenvalue weighted by Crippen LogP contribution is -2.35. The van der Waals surface area contributed by atoms with Gasteiger partial charge in [-0.25, -0.2) is 14.3 Å². The average molecular weight is 488 g/mol. The molecule has 0 spiro atoms. The molecule has 1 unspecified atom stereocenters. The summed E-state index contributed by atoms with van der Waals surface area (Å²) in [5.74, 6) is 1.80. The van der Waals surface area contributed by atoms with Crippen LogP contribution in [-0.2, 0) is 11.1 Å². The van der Waals surface area contributed by atoms with E-state index >= 15 is 0 Å². The third-order valence-electron chi connectivity index (χ3n) is 4.71. The van der Waals surface area contributed by atoms with E-state index in [1.54, 1.807) is 41.1 Å². The summed E-state index contributed by atoms with van der Waals surface area (Å²) in [6.07, 6.45) is 0. The van der Waals surface area contributed by atoms with Crippen molar-refractivity contribution in [2.24, 2.45) is 0 Å². The number of rotatable bonds is 9. The van der Waals surface area contributed by atoms with Gasteiger partial charge in [0.25, 0.3) is 5.91 Å². The van der Waals surface area contributed by atoms with Crippen molar-refractivity contribution in [1.29, 1.82) is 0 Å². The van der Waals surface area contributed by atoms with Crippen LogP contribution in [0.1, 0.15) is 15.9 Å². The van der Waals surface area contributed by atoms with E-state index in [9.17, 15) is 9.36 Å². The van der Waals surface area contributed by atoms with Crippen LogP contribution in [-0.4, -0.2) is 49.6 Å². The average Bonchev–Trinajstić information content (AvgIpc) is 2.78. The summed E-state index contributed by atoms with van der Waals surface area (Å²) >= 11 is 11.6. The molecule has 2 aromatic carbocycles. The Bertz CT molecular complexity index is 985. The van der Waals surface area contributed by atoms with Crippen LogP contribution >= 0.6 is 30.9 Å². The Balaban J connectivity index is 1.75. The molecule has 11 heteroatoms. The lowest BCUT2D eigenvalue weighted by Gasteiger charge is -2.34. The van der Waals surface area contributed by atoms with Crippen LogP contribution < -0.4 is 24.4 Å². The topological polar surface area (TPSA) is 89.1 Å². The Morgan fingerprint density at radius 2 is 1.84 bits per heavy atom. The Kier molecular flexibility index (Phi) is 8.08. The van der Waals surface area contributed by atoms with Crippen molar-refractivity contribution in [2.75, 3.05) is 44.4 Å². The maximum atomic E-state index is 13.2. The van der Waals surface area contributed by atoms with Gasteiger partial charge in [-0.1, -0.05) is 0 Å². The van der Waals surface area contributed by atoms with Crippen LogP contribution in [0, 0.1) is 0 Å². The molecule has 2 aromatic rings. The van der Waals surface area contributed by atoms with Crippen molar-refractivity contribution < 1.29 is 23.4 Å². The predicted octanol–water partition coefficient (Wildman–Crippen LogP) is 4.33. The van der Waals surface area contributed by atoms with Crippen molar-refractivity contribution in [3.8, 4) is 17.2 Å². The molecule has 0 saturated heterocycles. The Labute approximate surface area is 191 Å². The van der Waals surface area contributed by atoms with Crippen molar-refractivity contribution in [3.63, 3.8) is 0 Å². The first-order chi connectivity index (χ1) is 14.9. The zero-order valence-electron chi connectivity index (χ0n) is 17.2. The highest BCUT2D eigenvalue weighted by Crippen LogP contribution is 2.51. The highest BCUT2D eigenvalue weighted by Gasteiger charge is 2.36. The first-order valence-electron chi connectivity index (χ1n) is 9.52. The molecule has 0 aromatic heterocycles. The van der Waals surface area contributed by atoms with Crippen LogP contribution in [0.15, 0.2) is 36.4 Å². The predicted molar refractivity (Wildman–Crippen MR) is 122 cm³/mol. The van der Waals surface area contributed by atoms with E-state index in [4.69, 9.17) is 37.2 Å². The van der Waals surface area contributed by atoms with Crippen molar-refractivity contribution in [2.45, 2.75) is 6.54 Å². The largest absolute Gasteiger partial charge is 0.493 e. The quantitative estimate of drug-likeness (QED) is 0.402. The van der Waals surface area contributed by atoms with E-state index in [2.05, 4.69) is 10.4 Å². The molecule has 0 radical (unpaired) electrons. The number of ether oxygens (including phenoxy) is 2. The number of anilines is 1. The fraction of sp³-hybridized carbons (Fsp3) is 0.350. The molecule has 1 aliphatic rings. The number of halogens is 2. The second-order valence-corrected chi connectivity index (χ2v) is 9.49. The van der Waals surface area contributed by atoms with Gasteiger partial charge in [0.15, 0.2) is 11.5 Å². The summed E-state index contributed by atoms with van der Waals surface area (Å²) < 4.78 is 31.1. The highest BCUT2D eigenvalue weighted by atomic mass is 35.5. The van der Waals surface area contributed by atoms with Gasteiger partial charge in [-0.05, 0) is 36.4 Å². The van der Waals surface area contributed by atoms with Crippen LogP contribution in [0.4, 0.5) is 5.69 Å². The second-order valence-electron chi connectivity index (χ2n) is 6.62. The third-order valence-corrected chi connectivity index (χ3v) is 7.20. The zero-order valence-corrected chi connectivity index (χ0v) is 19.6. The number of methoxy groups -OCH3 is 2. The second kappa shape index (κ2) is 10.6. The van der Waals surface area contributed by atoms with E-state index in [1.807, 2.05) is 0 Å². The van der Waals surface area contributed by atoms with E-state index in [-0.39, 0.29) is 5.91 Å². The standard InChI is InChI=1S/C20H24Cl2N3O5P/c1-28-18-5-3-14(12-19(18)29-2)20(26)24-16-4-6-17-15(11-16)13-23-31(27,30-17)25(9-7-21)10-8-22/h3-6,11-12H,7-10,13H2,1-2H3,(H,23,27)(H,24,26). The van der Waals surface area contributed by atoms with Gasteiger partial charge in [-0.3, -0.25) is 4.79 Å². The Morgan fingerprint density at radius 3 is 2.48 bits per heavy atom. The molecule has 3 rings (SSSR count). The fourth-order valence-corrected chi connectivity index (χ4v) is 5.71. The molecule has 1 amide bonds. The number of amides is 1. The van der Waals surface area contributed by atoms with E-state index in [1.165, 1.54) is 14.2 Å². The van der Waals surface area contributed by atoms with Crippen LogP contribution in [0.25, 0.3) is 0 Å². The number of nitrogens with zero attached hydrogens (tertiary/aromatic N) is 1. The molecular formula is C20H24Cl2N3O5P. The van der Waals surface area contributed by atoms with Crippen LogP contribution in [0.3, 0.4) is 0 Å². The summed E-state index contributed by atoms with van der Waals surface area (Å²) in [7, 11) is -0.253. The molecule has 1 heterocycles. The fourth-order valence-electron chi connectivity index (χ4n) is 3.14. The number of benzene rings is 2. The Hall–Kier alpha value is -1.96. The van der Waals surface area contributed by atoms with Crippen LogP contribution in [0.2, 0.25) is 0 Å². The van der Waals surface area contributed by atoms with Gasteiger partial charge in [0, 0.05) is 48.2 Å². The molecule has 2 N–H and O–H groups in total. The van der Waals surface area contributed by atoms with Crippen molar-refractivity contribution in [1.82, 2.24) is 9.76 Å². The summed E-state index contributed by atoms with van der Waals surface area (Å²) in [5, 5.41) is 5.81.